The maximum atomic E-state index is 12.1. The van der Waals surface area contributed by atoms with Crippen molar-refractivity contribution in [2.24, 2.45) is 0 Å². The van der Waals surface area contributed by atoms with Gasteiger partial charge in [0, 0.05) is 25.5 Å². The van der Waals surface area contributed by atoms with Crippen molar-refractivity contribution < 1.29 is 33.3 Å². The number of nitrogens with zero attached hydrogens (tertiary/aromatic N) is 1. The fourth-order valence-electron chi connectivity index (χ4n) is 4.25. The molecule has 2 heterocycles. The molecule has 1 aromatic heterocycles. The van der Waals surface area contributed by atoms with E-state index >= 15 is 0 Å². The van der Waals surface area contributed by atoms with E-state index in [4.69, 9.17) is 41.3 Å². The number of fused-ring (bicyclic) bond motifs is 2. The van der Waals surface area contributed by atoms with Gasteiger partial charge in [-0.3, -0.25) is 4.57 Å². The normalized spacial score (nSPS) is 22.6. The number of aromatic nitrogens is 1. The molecular weight excluding hydrogens is 436 g/mol. The molecule has 0 aliphatic carbocycles. The number of ether oxygens (including phenoxy) is 4. The summed E-state index contributed by atoms with van der Waals surface area (Å²) in [5.74, 6) is -0.0251. The number of benzene rings is 2. The summed E-state index contributed by atoms with van der Waals surface area (Å²) in [6.45, 7) is 1.69. The van der Waals surface area contributed by atoms with Crippen LogP contribution in [0.25, 0.3) is 11.1 Å². The van der Waals surface area contributed by atoms with Crippen LogP contribution in [-0.2, 0) is 14.2 Å². The van der Waals surface area contributed by atoms with Gasteiger partial charge in [0.25, 0.3) is 4.84 Å². The number of hydrogen-bond donors (Lipinski definition) is 2. The Morgan fingerprint density at radius 3 is 2.59 bits per heavy atom. The van der Waals surface area contributed by atoms with Gasteiger partial charge in [-0.1, -0.05) is 0 Å². The van der Waals surface area contributed by atoms with Gasteiger partial charge in [0.15, 0.2) is 17.5 Å². The Balaban J connectivity index is 2.00. The molecule has 9 nitrogen and oxygen atoms in total. The van der Waals surface area contributed by atoms with Crippen LogP contribution >= 0.6 is 12.2 Å². The Labute approximate surface area is 189 Å². The SMILES string of the molecule is COC(=O)c1ccc2oc(=S)n([C@H]3c4cc(N)ccc4O[C@@](C)(C(OC)OC)[C@@H]3O)c2c1. The van der Waals surface area contributed by atoms with E-state index in [1.54, 1.807) is 47.9 Å². The first-order chi connectivity index (χ1) is 15.2. The molecule has 10 heteroatoms. The number of carbonyl (C=O) groups is 1. The summed E-state index contributed by atoms with van der Waals surface area (Å²) in [4.78, 5) is 12.2. The highest BCUT2D eigenvalue weighted by Crippen LogP contribution is 2.46. The van der Waals surface area contributed by atoms with Gasteiger partial charge in [-0.05, 0) is 55.5 Å². The lowest BCUT2D eigenvalue weighted by Crippen LogP contribution is -2.60. The number of rotatable bonds is 5. The molecule has 0 spiro atoms. The summed E-state index contributed by atoms with van der Waals surface area (Å²) >= 11 is 5.52. The second-order valence-corrected chi connectivity index (χ2v) is 8.04. The Hall–Kier alpha value is -2.92. The highest BCUT2D eigenvalue weighted by molar-refractivity contribution is 7.71. The minimum atomic E-state index is -1.31. The molecule has 0 fully saturated rings. The fraction of sp³-hybridized carbons (Fsp3) is 0.364. The molecule has 0 saturated carbocycles. The number of hydrogen-bond acceptors (Lipinski definition) is 9. The molecule has 32 heavy (non-hydrogen) atoms. The number of nitrogen functional groups attached to an aromatic ring is 1. The van der Waals surface area contributed by atoms with Crippen molar-refractivity contribution >= 4 is 35.0 Å². The summed E-state index contributed by atoms with van der Waals surface area (Å²) in [7, 11) is 4.23. The Morgan fingerprint density at radius 2 is 1.94 bits per heavy atom. The third kappa shape index (κ3) is 3.36. The van der Waals surface area contributed by atoms with Crippen molar-refractivity contribution in [2.75, 3.05) is 27.1 Å². The second-order valence-electron chi connectivity index (χ2n) is 7.69. The lowest BCUT2D eigenvalue weighted by molar-refractivity contribution is -0.238. The molecule has 3 atom stereocenters. The summed E-state index contributed by atoms with van der Waals surface area (Å²) < 4.78 is 29.3. The minimum Gasteiger partial charge on any atom is -0.479 e. The molecule has 4 rings (SSSR count). The standard InChI is InChI=1S/C22H24N2O7S/c1-22(20(28-3)29-4)18(25)17(13-10-12(23)6-8-15(13)31-22)24-14-9-11(19(26)27-2)5-7-16(14)30-21(24)32/h5-10,17-18,20,25H,23H2,1-4H3/t17-,18+,22+/m0/s1. The Kier molecular flexibility index (Phi) is 5.72. The highest BCUT2D eigenvalue weighted by atomic mass is 32.1. The summed E-state index contributed by atoms with van der Waals surface area (Å²) in [6, 6.07) is 9.17. The predicted molar refractivity (Wildman–Crippen MR) is 118 cm³/mol. The van der Waals surface area contributed by atoms with Gasteiger partial charge in [0.2, 0.25) is 0 Å². The minimum absolute atomic E-state index is 0.107. The number of nitrogens with two attached hydrogens (primary N) is 1. The maximum Gasteiger partial charge on any atom is 0.337 e. The van der Waals surface area contributed by atoms with Gasteiger partial charge in [-0.2, -0.15) is 0 Å². The van der Waals surface area contributed by atoms with Crippen LogP contribution in [0.15, 0.2) is 40.8 Å². The molecule has 3 N–H and O–H groups in total. The molecule has 0 bridgehead atoms. The first-order valence-electron chi connectivity index (χ1n) is 9.80. The van der Waals surface area contributed by atoms with E-state index in [9.17, 15) is 9.90 Å². The third-order valence-corrected chi connectivity index (χ3v) is 6.06. The molecule has 1 aliphatic rings. The van der Waals surface area contributed by atoms with E-state index in [0.717, 1.165) is 0 Å². The third-order valence-electron chi connectivity index (χ3n) is 5.78. The number of aliphatic hydroxyl groups is 1. The lowest BCUT2D eigenvalue weighted by Gasteiger charge is -2.46. The van der Waals surface area contributed by atoms with Crippen LogP contribution in [0.3, 0.4) is 0 Å². The van der Waals surface area contributed by atoms with Crippen molar-refractivity contribution in [3.8, 4) is 5.75 Å². The first kappa shape index (κ1) is 22.3. The largest absolute Gasteiger partial charge is 0.479 e. The van der Waals surface area contributed by atoms with E-state index in [0.29, 0.717) is 33.7 Å². The predicted octanol–water partition coefficient (Wildman–Crippen LogP) is 3.05. The van der Waals surface area contributed by atoms with Crippen molar-refractivity contribution in [1.29, 1.82) is 0 Å². The van der Waals surface area contributed by atoms with Crippen molar-refractivity contribution in [2.45, 2.75) is 31.0 Å². The molecule has 0 radical (unpaired) electrons. The lowest BCUT2D eigenvalue weighted by atomic mass is 9.84. The molecule has 0 saturated heterocycles. The van der Waals surface area contributed by atoms with Gasteiger partial charge in [-0.25, -0.2) is 4.79 Å². The topological polar surface area (TPSA) is 118 Å². The summed E-state index contributed by atoms with van der Waals surface area (Å²) in [5.41, 5.74) is 7.09. The first-order valence-corrected chi connectivity index (χ1v) is 10.2. The van der Waals surface area contributed by atoms with Crippen LogP contribution in [0.5, 0.6) is 5.75 Å². The molecule has 0 unspecified atom stereocenters. The van der Waals surface area contributed by atoms with Gasteiger partial charge < -0.3 is 34.2 Å². The van der Waals surface area contributed by atoms with Crippen molar-refractivity contribution in [1.82, 2.24) is 4.57 Å². The number of methoxy groups -OCH3 is 3. The number of esters is 1. The highest BCUT2D eigenvalue weighted by Gasteiger charge is 2.53. The van der Waals surface area contributed by atoms with Gasteiger partial charge in [-0.15, -0.1) is 0 Å². The van der Waals surface area contributed by atoms with Crippen LogP contribution < -0.4 is 10.5 Å². The van der Waals surface area contributed by atoms with E-state index in [-0.39, 0.29) is 4.84 Å². The smallest absolute Gasteiger partial charge is 0.337 e. The zero-order chi connectivity index (χ0) is 23.2. The number of oxazole rings is 1. The van der Waals surface area contributed by atoms with Gasteiger partial charge >= 0.3 is 5.97 Å². The van der Waals surface area contributed by atoms with E-state index in [1.807, 2.05) is 0 Å². The molecule has 2 aromatic carbocycles. The summed E-state index contributed by atoms with van der Waals surface area (Å²) in [5, 5.41) is 11.6. The van der Waals surface area contributed by atoms with Gasteiger partial charge in [0.1, 0.15) is 11.9 Å². The number of anilines is 1. The van der Waals surface area contributed by atoms with Crippen LogP contribution in [0, 0.1) is 4.84 Å². The Morgan fingerprint density at radius 1 is 1.22 bits per heavy atom. The van der Waals surface area contributed by atoms with Crippen LogP contribution in [0.2, 0.25) is 0 Å². The van der Waals surface area contributed by atoms with Crippen molar-refractivity contribution in [3.63, 3.8) is 0 Å². The van der Waals surface area contributed by atoms with Crippen LogP contribution in [-0.4, -0.2) is 55.0 Å². The van der Waals surface area contributed by atoms with Crippen LogP contribution in [0.1, 0.15) is 28.9 Å². The number of carbonyl (C=O) groups excluding carboxylic acids is 1. The Bertz CT molecular complexity index is 1230. The second kappa shape index (κ2) is 8.21. The fourth-order valence-corrected chi connectivity index (χ4v) is 4.55. The number of aliphatic hydroxyl groups excluding tert-OH is 1. The molecule has 170 valence electrons. The zero-order valence-electron chi connectivity index (χ0n) is 18.0. The average Bonchev–Trinajstić information content (AvgIpc) is 3.10. The average molecular weight is 461 g/mol. The van der Waals surface area contributed by atoms with Crippen LogP contribution in [0.4, 0.5) is 5.69 Å². The quantitative estimate of drug-likeness (QED) is 0.256. The molecule has 3 aromatic rings. The molecular formula is C22H24N2O7S. The van der Waals surface area contributed by atoms with Gasteiger partial charge in [0.05, 0.1) is 24.2 Å². The van der Waals surface area contributed by atoms with E-state index in [2.05, 4.69) is 0 Å². The van der Waals surface area contributed by atoms with Crippen molar-refractivity contribution in [3.05, 3.63) is 52.4 Å². The monoisotopic (exact) mass is 460 g/mol. The van der Waals surface area contributed by atoms with E-state index in [1.165, 1.54) is 21.3 Å². The zero-order valence-corrected chi connectivity index (χ0v) is 18.8. The maximum absolute atomic E-state index is 12.1. The summed E-state index contributed by atoms with van der Waals surface area (Å²) in [6.07, 6.45) is -2.10. The van der Waals surface area contributed by atoms with E-state index < -0.39 is 30.0 Å². The molecule has 1 aliphatic heterocycles. The molecule has 0 amide bonds.